The number of aromatic nitrogens is 1. The zero-order valence-electron chi connectivity index (χ0n) is 21.3. The molecule has 1 N–H and O–H groups in total. The van der Waals surface area contributed by atoms with Crippen molar-refractivity contribution in [3.05, 3.63) is 82.1 Å². The van der Waals surface area contributed by atoms with Gasteiger partial charge in [-0.1, -0.05) is 30.3 Å². The number of nitrogens with zero attached hydrogens (tertiary/aromatic N) is 1. The van der Waals surface area contributed by atoms with Gasteiger partial charge in [0.05, 0.1) is 6.54 Å². The first-order valence-corrected chi connectivity index (χ1v) is 12.1. The maximum Gasteiger partial charge on any atom is 0.320 e. The molecule has 0 radical (unpaired) electrons. The van der Waals surface area contributed by atoms with Crippen molar-refractivity contribution in [3.63, 3.8) is 0 Å². The Kier molecular flexibility index (Phi) is 6.81. The van der Waals surface area contributed by atoms with Crippen LogP contribution in [0.1, 0.15) is 56.4 Å². The quantitative estimate of drug-likeness (QED) is 0.445. The molecule has 1 aliphatic heterocycles. The van der Waals surface area contributed by atoms with E-state index in [-0.39, 0.29) is 5.97 Å². The van der Waals surface area contributed by atoms with Gasteiger partial charge in [0.2, 0.25) is 0 Å². The number of esters is 1. The molecule has 1 saturated heterocycles. The number of carbonyl (C=O) groups is 1. The first-order chi connectivity index (χ1) is 16.1. The molecule has 2 heterocycles. The molecule has 4 rings (SSSR count). The van der Waals surface area contributed by atoms with Gasteiger partial charge in [-0.2, -0.15) is 0 Å². The van der Waals surface area contributed by atoms with Crippen molar-refractivity contribution in [2.75, 3.05) is 19.6 Å². The molecular weight excluding hydrogens is 420 g/mol. The fraction of sp³-hybridized carbons (Fsp3) is 0.367. The zero-order valence-corrected chi connectivity index (χ0v) is 21.3. The average Bonchev–Trinajstić information content (AvgIpc) is 3.23. The number of nitrogens with one attached hydrogen (secondary N) is 1. The van der Waals surface area contributed by atoms with Gasteiger partial charge in [-0.15, -0.1) is 0 Å². The topological polar surface area (TPSA) is 45.3 Å². The molecule has 1 aromatic heterocycles. The summed E-state index contributed by atoms with van der Waals surface area (Å²) in [7, 11) is 0. The molecule has 178 valence electrons. The van der Waals surface area contributed by atoms with Crippen LogP contribution in [0.2, 0.25) is 0 Å². The van der Waals surface area contributed by atoms with Gasteiger partial charge in [-0.25, -0.2) is 0 Å². The molecular formula is C30H36N2O2. The van der Waals surface area contributed by atoms with E-state index in [0.29, 0.717) is 6.54 Å². The number of fused-ring (bicyclic) bond motifs is 1. The molecule has 0 aliphatic carbocycles. The molecule has 4 nitrogen and oxygen atoms in total. The Bertz CT molecular complexity index is 1250. The fourth-order valence-electron chi connectivity index (χ4n) is 4.73. The van der Waals surface area contributed by atoms with E-state index in [4.69, 9.17) is 4.74 Å². The van der Waals surface area contributed by atoms with Crippen LogP contribution in [0.4, 0.5) is 0 Å². The van der Waals surface area contributed by atoms with Crippen molar-refractivity contribution < 1.29 is 9.53 Å². The smallest absolute Gasteiger partial charge is 0.320 e. The number of aromatic amines is 1. The maximum absolute atomic E-state index is 12.6. The van der Waals surface area contributed by atoms with Crippen LogP contribution in [0, 0.1) is 13.8 Å². The van der Waals surface area contributed by atoms with Gasteiger partial charge in [-0.3, -0.25) is 9.69 Å². The Hall–Kier alpha value is -3.11. The van der Waals surface area contributed by atoms with Crippen molar-refractivity contribution in [3.8, 4) is 0 Å². The van der Waals surface area contributed by atoms with Crippen LogP contribution < -0.4 is 0 Å². The number of piperidine rings is 1. The van der Waals surface area contributed by atoms with Crippen LogP contribution in [0.25, 0.3) is 22.6 Å². The molecule has 1 fully saturated rings. The van der Waals surface area contributed by atoms with E-state index in [9.17, 15) is 4.79 Å². The summed E-state index contributed by atoms with van der Waals surface area (Å²) in [4.78, 5) is 18.0. The largest absolute Gasteiger partial charge is 0.459 e. The highest BCUT2D eigenvalue weighted by molar-refractivity contribution is 5.85. The highest BCUT2D eigenvalue weighted by Gasteiger charge is 2.25. The summed E-state index contributed by atoms with van der Waals surface area (Å²) in [5.41, 5.74) is 9.66. The van der Waals surface area contributed by atoms with E-state index in [1.54, 1.807) is 0 Å². The second-order valence-electron chi connectivity index (χ2n) is 10.4. The lowest BCUT2D eigenvalue weighted by Gasteiger charge is -2.32. The Morgan fingerprint density at radius 1 is 1.12 bits per heavy atom. The van der Waals surface area contributed by atoms with Gasteiger partial charge in [0.15, 0.2) is 0 Å². The van der Waals surface area contributed by atoms with Gasteiger partial charge >= 0.3 is 5.97 Å². The summed E-state index contributed by atoms with van der Waals surface area (Å²) >= 11 is 0. The average molecular weight is 457 g/mol. The first kappa shape index (κ1) is 24.0. The number of allylic oxidation sites excluding steroid dienone is 1. The monoisotopic (exact) mass is 456 g/mol. The minimum absolute atomic E-state index is 0.166. The first-order valence-electron chi connectivity index (χ1n) is 12.1. The highest BCUT2D eigenvalue weighted by atomic mass is 16.6. The van der Waals surface area contributed by atoms with E-state index in [1.807, 2.05) is 27.0 Å². The fourth-order valence-corrected chi connectivity index (χ4v) is 4.73. The number of benzene rings is 2. The number of aryl methyl sites for hydroxylation is 2. The Morgan fingerprint density at radius 3 is 2.56 bits per heavy atom. The summed E-state index contributed by atoms with van der Waals surface area (Å²) in [5, 5.41) is 1.21. The molecule has 0 spiro atoms. The molecule has 0 saturated carbocycles. The van der Waals surface area contributed by atoms with Crippen LogP contribution in [0.5, 0.6) is 0 Å². The highest BCUT2D eigenvalue weighted by Crippen LogP contribution is 2.33. The van der Waals surface area contributed by atoms with Crippen LogP contribution in [-0.4, -0.2) is 41.1 Å². The Balaban J connectivity index is 1.72. The molecule has 4 heteroatoms. The van der Waals surface area contributed by atoms with E-state index in [2.05, 4.69) is 79.2 Å². The molecule has 2 aromatic carbocycles. The zero-order chi connectivity index (χ0) is 24.5. The lowest BCUT2D eigenvalue weighted by Crippen LogP contribution is -2.39. The molecule has 0 bridgehead atoms. The Morgan fingerprint density at radius 2 is 1.85 bits per heavy atom. The Labute approximate surface area is 203 Å². The number of ether oxygens (including phenoxy) is 1. The van der Waals surface area contributed by atoms with Gasteiger partial charge in [-0.05, 0) is 111 Å². The van der Waals surface area contributed by atoms with Gasteiger partial charge in [0, 0.05) is 24.8 Å². The summed E-state index contributed by atoms with van der Waals surface area (Å²) in [5.74, 6) is -0.166. The number of likely N-dealkylation sites (tertiary alicyclic amines) is 1. The van der Waals surface area contributed by atoms with E-state index in [0.717, 1.165) is 25.0 Å². The summed E-state index contributed by atoms with van der Waals surface area (Å²) in [6.45, 7) is 14.2. The third kappa shape index (κ3) is 5.51. The number of hydrogen-bond acceptors (Lipinski definition) is 3. The minimum Gasteiger partial charge on any atom is -0.459 e. The predicted molar refractivity (Wildman–Crippen MR) is 142 cm³/mol. The molecule has 3 aromatic rings. The van der Waals surface area contributed by atoms with Crippen molar-refractivity contribution >= 4 is 28.5 Å². The van der Waals surface area contributed by atoms with Crippen molar-refractivity contribution in [1.29, 1.82) is 0 Å². The lowest BCUT2D eigenvalue weighted by molar-refractivity contribution is -0.156. The summed E-state index contributed by atoms with van der Waals surface area (Å²) < 4.78 is 5.60. The number of rotatable bonds is 4. The van der Waals surface area contributed by atoms with Crippen LogP contribution in [-0.2, 0) is 9.53 Å². The van der Waals surface area contributed by atoms with Gasteiger partial charge in [0.1, 0.15) is 5.60 Å². The van der Waals surface area contributed by atoms with Crippen LogP contribution in [0.15, 0.2) is 59.8 Å². The van der Waals surface area contributed by atoms with Crippen molar-refractivity contribution in [2.24, 2.45) is 0 Å². The maximum atomic E-state index is 12.6. The van der Waals surface area contributed by atoms with E-state index < -0.39 is 5.60 Å². The molecule has 1 aliphatic rings. The van der Waals surface area contributed by atoms with Gasteiger partial charge in [0.25, 0.3) is 0 Å². The second-order valence-corrected chi connectivity index (χ2v) is 10.4. The van der Waals surface area contributed by atoms with Crippen molar-refractivity contribution in [1.82, 2.24) is 9.88 Å². The normalized spacial score (nSPS) is 17.9. The molecule has 34 heavy (non-hydrogen) atoms. The summed E-state index contributed by atoms with van der Waals surface area (Å²) in [6.07, 6.45) is 5.24. The summed E-state index contributed by atoms with van der Waals surface area (Å²) in [6, 6.07) is 15.2. The number of hydrogen-bond donors (Lipinski definition) is 1. The van der Waals surface area contributed by atoms with Crippen LogP contribution in [0.3, 0.4) is 0 Å². The number of carbonyl (C=O) groups excluding carboxylic acids is 1. The standard InChI is InChI=1S/C30H36N2O2/c1-20-8-7-9-21(2)26(20)17-24-13-15-32(19-29(33)34-30(4,5)6)18-27(24)22(3)23-10-11-28-25(16-23)12-14-31-28/h7-12,14,16-17,31H,13,15,18-19H2,1-6H3/b24-17-,27-22+. The predicted octanol–water partition coefficient (Wildman–Crippen LogP) is 6.69. The second kappa shape index (κ2) is 9.63. The third-order valence-electron chi connectivity index (χ3n) is 6.54. The third-order valence-corrected chi connectivity index (χ3v) is 6.54. The van der Waals surface area contributed by atoms with Crippen molar-refractivity contribution in [2.45, 2.75) is 53.6 Å². The lowest BCUT2D eigenvalue weighted by atomic mass is 9.88. The van der Waals surface area contributed by atoms with Crippen LogP contribution >= 0.6 is 0 Å². The molecule has 0 atom stereocenters. The molecule has 0 amide bonds. The number of H-pyrrole nitrogens is 1. The SMILES string of the molecule is C/C(=C1/CN(CC(=O)OC(C)(C)C)CC/C1=C/c1c(C)cccc1C)c1ccc2[nH]ccc2c1. The molecule has 0 unspecified atom stereocenters. The van der Waals surface area contributed by atoms with E-state index >= 15 is 0 Å². The minimum atomic E-state index is -0.471. The van der Waals surface area contributed by atoms with E-state index in [1.165, 1.54) is 44.4 Å². The van der Waals surface area contributed by atoms with Gasteiger partial charge < -0.3 is 9.72 Å².